The number of ether oxygens (including phenoxy) is 1. The van der Waals surface area contributed by atoms with Crippen molar-refractivity contribution in [3.8, 4) is 5.75 Å². The van der Waals surface area contributed by atoms with Gasteiger partial charge in [0, 0.05) is 22.8 Å². The van der Waals surface area contributed by atoms with Crippen LogP contribution in [-0.2, 0) is 5.75 Å². The molecule has 4 aromatic rings. The van der Waals surface area contributed by atoms with E-state index in [4.69, 9.17) is 20.8 Å². The van der Waals surface area contributed by atoms with Crippen LogP contribution in [0.3, 0.4) is 0 Å². The topological polar surface area (TPSA) is 52.3 Å². The Morgan fingerprint density at radius 1 is 1.15 bits per heavy atom. The van der Waals surface area contributed by atoms with Crippen LogP contribution in [0.15, 0.2) is 68.8 Å². The number of benzene rings is 2. The van der Waals surface area contributed by atoms with Crippen LogP contribution in [-0.4, -0.2) is 4.98 Å². The summed E-state index contributed by atoms with van der Waals surface area (Å²) in [6.45, 7) is 5.84. The van der Waals surface area contributed by atoms with E-state index in [0.29, 0.717) is 27.8 Å². The van der Waals surface area contributed by atoms with Gasteiger partial charge in [-0.25, -0.2) is 4.98 Å². The molecule has 0 radical (unpaired) electrons. The summed E-state index contributed by atoms with van der Waals surface area (Å²) in [5, 5.41) is 1.77. The van der Waals surface area contributed by atoms with E-state index in [0.717, 1.165) is 46.1 Å². The molecule has 2 aromatic heterocycles. The molecule has 6 heteroatoms. The van der Waals surface area contributed by atoms with Crippen LogP contribution in [0, 0.1) is 13.8 Å². The third kappa shape index (κ3) is 4.73. The van der Waals surface area contributed by atoms with E-state index in [-0.39, 0.29) is 11.5 Å². The van der Waals surface area contributed by atoms with Gasteiger partial charge < -0.3 is 9.15 Å². The van der Waals surface area contributed by atoms with E-state index in [9.17, 15) is 4.79 Å². The number of thioether (sulfide) groups is 1. The van der Waals surface area contributed by atoms with Crippen molar-refractivity contribution in [2.24, 2.45) is 0 Å². The molecule has 2 heterocycles. The van der Waals surface area contributed by atoms with Crippen LogP contribution in [0.4, 0.5) is 0 Å². The van der Waals surface area contributed by atoms with Gasteiger partial charge >= 0.3 is 0 Å². The molecule has 1 aliphatic carbocycles. The van der Waals surface area contributed by atoms with E-state index >= 15 is 0 Å². The number of fused-ring (bicyclic) bond motifs is 1. The average Bonchev–Trinajstić information content (AvgIpc) is 3.67. The minimum atomic E-state index is -0.348. The second-order valence-corrected chi connectivity index (χ2v) is 10.2. The number of aromatic nitrogens is 1. The summed E-state index contributed by atoms with van der Waals surface area (Å²) in [5.41, 5.74) is 4.45. The Labute approximate surface area is 208 Å². The van der Waals surface area contributed by atoms with Crippen LogP contribution in [0.5, 0.6) is 5.75 Å². The zero-order chi connectivity index (χ0) is 23.8. The molecule has 174 valence electrons. The van der Waals surface area contributed by atoms with Crippen LogP contribution < -0.4 is 10.2 Å². The normalized spacial score (nSPS) is 14.4. The molecule has 4 nitrogen and oxygen atoms in total. The van der Waals surface area contributed by atoms with Crippen molar-refractivity contribution in [1.82, 2.24) is 4.98 Å². The second kappa shape index (κ2) is 9.47. The number of hydrogen-bond acceptors (Lipinski definition) is 5. The summed E-state index contributed by atoms with van der Waals surface area (Å²) in [6, 6.07) is 17.8. The number of aryl methyl sites for hydroxylation is 1. The molecule has 0 unspecified atom stereocenters. The van der Waals surface area contributed by atoms with E-state index in [1.165, 1.54) is 5.56 Å². The molecular weight excluding hydrogens is 466 g/mol. The first-order valence-corrected chi connectivity index (χ1v) is 12.8. The molecule has 1 atom stereocenters. The largest absolute Gasteiger partial charge is 0.483 e. The first-order chi connectivity index (χ1) is 16.4. The minimum absolute atomic E-state index is 0.0487. The lowest BCUT2D eigenvalue weighted by molar-refractivity contribution is 0.219. The Hall–Kier alpha value is -2.76. The van der Waals surface area contributed by atoms with Crippen LogP contribution in [0.1, 0.15) is 59.8 Å². The SMILES string of the molecule is Cc1cc([C@@H](C)Oc2ccc(Cl)nc2SCc2ccccc2)c2oc(C3CC3)c(C)c(=O)c2c1. The lowest BCUT2D eigenvalue weighted by Gasteiger charge is -2.19. The molecule has 0 aliphatic heterocycles. The summed E-state index contributed by atoms with van der Waals surface area (Å²) < 4.78 is 12.8. The maximum absolute atomic E-state index is 13.1. The molecule has 0 bridgehead atoms. The Morgan fingerprint density at radius 2 is 1.91 bits per heavy atom. The van der Waals surface area contributed by atoms with Crippen molar-refractivity contribution in [2.45, 2.75) is 56.4 Å². The maximum Gasteiger partial charge on any atom is 0.195 e. The van der Waals surface area contributed by atoms with Gasteiger partial charge in [0.1, 0.15) is 27.6 Å². The van der Waals surface area contributed by atoms with Gasteiger partial charge in [0.2, 0.25) is 0 Å². The van der Waals surface area contributed by atoms with Crippen molar-refractivity contribution >= 4 is 34.3 Å². The predicted molar refractivity (Wildman–Crippen MR) is 138 cm³/mol. The molecule has 5 rings (SSSR count). The van der Waals surface area contributed by atoms with Gasteiger partial charge in [0.05, 0.1) is 5.39 Å². The molecule has 34 heavy (non-hydrogen) atoms. The smallest absolute Gasteiger partial charge is 0.195 e. The molecule has 0 spiro atoms. The highest BCUT2D eigenvalue weighted by Crippen LogP contribution is 2.43. The molecule has 1 saturated carbocycles. The summed E-state index contributed by atoms with van der Waals surface area (Å²) in [6.07, 6.45) is 1.79. The van der Waals surface area contributed by atoms with Gasteiger partial charge in [0.15, 0.2) is 11.2 Å². The highest BCUT2D eigenvalue weighted by atomic mass is 35.5. The molecule has 1 fully saturated rings. The fourth-order valence-electron chi connectivity index (χ4n) is 4.20. The summed E-state index contributed by atoms with van der Waals surface area (Å²) in [5.74, 6) is 2.58. The molecule has 0 amide bonds. The highest BCUT2D eigenvalue weighted by Gasteiger charge is 2.30. The first kappa shape index (κ1) is 23.0. The van der Waals surface area contributed by atoms with Gasteiger partial charge in [-0.1, -0.05) is 53.7 Å². The molecule has 2 aromatic carbocycles. The lowest BCUT2D eigenvalue weighted by atomic mass is 10.0. The van der Waals surface area contributed by atoms with Crippen LogP contribution in [0.2, 0.25) is 5.15 Å². The fraction of sp³-hybridized carbons (Fsp3) is 0.286. The van der Waals surface area contributed by atoms with Gasteiger partial charge in [-0.3, -0.25) is 4.79 Å². The standard InChI is InChI=1S/C28H26ClNO3S/c1-16-13-21(27-22(14-16)25(31)17(2)26(33-27)20-9-10-20)18(3)32-23-11-12-24(29)30-28(23)34-15-19-7-5-4-6-8-19/h4-8,11-14,18,20H,9-10,15H2,1-3H3/t18-/m1/s1. The first-order valence-electron chi connectivity index (χ1n) is 11.5. The quantitative estimate of drug-likeness (QED) is 0.195. The summed E-state index contributed by atoms with van der Waals surface area (Å²) in [4.78, 5) is 17.7. The predicted octanol–water partition coefficient (Wildman–Crippen LogP) is 7.77. The van der Waals surface area contributed by atoms with Gasteiger partial charge in [-0.15, -0.1) is 0 Å². The molecule has 0 N–H and O–H groups in total. The fourth-order valence-corrected chi connectivity index (χ4v) is 5.31. The second-order valence-electron chi connectivity index (χ2n) is 8.90. The summed E-state index contributed by atoms with van der Waals surface area (Å²) >= 11 is 7.79. The van der Waals surface area contributed by atoms with Gasteiger partial charge in [-0.05, 0) is 69.0 Å². The van der Waals surface area contributed by atoms with Crippen LogP contribution >= 0.6 is 23.4 Å². The van der Waals surface area contributed by atoms with E-state index in [1.807, 2.05) is 57.2 Å². The Kier molecular flexibility index (Phi) is 6.41. The number of pyridine rings is 1. The Balaban J connectivity index is 1.49. The number of nitrogens with zero attached hydrogens (tertiary/aromatic N) is 1. The summed E-state index contributed by atoms with van der Waals surface area (Å²) in [7, 11) is 0. The lowest BCUT2D eigenvalue weighted by Crippen LogP contribution is -2.12. The van der Waals surface area contributed by atoms with Crippen molar-refractivity contribution in [2.75, 3.05) is 0 Å². The van der Waals surface area contributed by atoms with E-state index < -0.39 is 0 Å². The molecule has 1 aliphatic rings. The minimum Gasteiger partial charge on any atom is -0.483 e. The van der Waals surface area contributed by atoms with Crippen molar-refractivity contribution in [3.63, 3.8) is 0 Å². The molecule has 0 saturated heterocycles. The number of rotatable bonds is 7. The van der Waals surface area contributed by atoms with Crippen molar-refractivity contribution in [3.05, 3.63) is 98.0 Å². The van der Waals surface area contributed by atoms with Gasteiger partial charge in [0.25, 0.3) is 0 Å². The third-order valence-electron chi connectivity index (χ3n) is 6.13. The van der Waals surface area contributed by atoms with Crippen molar-refractivity contribution in [1.29, 1.82) is 0 Å². The molecular formula is C28H26ClNO3S. The highest BCUT2D eigenvalue weighted by molar-refractivity contribution is 7.98. The average molecular weight is 492 g/mol. The van der Waals surface area contributed by atoms with Crippen LogP contribution in [0.25, 0.3) is 11.0 Å². The van der Waals surface area contributed by atoms with Gasteiger partial charge in [-0.2, -0.15) is 0 Å². The zero-order valence-electron chi connectivity index (χ0n) is 19.4. The zero-order valence-corrected chi connectivity index (χ0v) is 21.0. The Morgan fingerprint density at radius 3 is 2.65 bits per heavy atom. The maximum atomic E-state index is 13.1. The third-order valence-corrected chi connectivity index (χ3v) is 7.38. The number of halogens is 1. The monoisotopic (exact) mass is 491 g/mol. The number of hydrogen-bond donors (Lipinski definition) is 0. The Bertz CT molecular complexity index is 1410. The van der Waals surface area contributed by atoms with E-state index in [1.54, 1.807) is 17.8 Å². The van der Waals surface area contributed by atoms with E-state index in [2.05, 4.69) is 17.1 Å². The van der Waals surface area contributed by atoms with Crippen molar-refractivity contribution < 1.29 is 9.15 Å².